The van der Waals surface area contributed by atoms with Gasteiger partial charge in [-0.1, -0.05) is 12.8 Å². The SMILES string of the molecule is Cc1ccncc1CN1CCCNC2(CCCC2)C1. The minimum absolute atomic E-state index is 0.409. The molecule has 0 atom stereocenters. The van der Waals surface area contributed by atoms with Gasteiger partial charge in [-0.25, -0.2) is 0 Å². The molecule has 19 heavy (non-hydrogen) atoms. The fourth-order valence-electron chi connectivity index (χ4n) is 3.64. The van der Waals surface area contributed by atoms with E-state index in [2.05, 4.69) is 28.2 Å². The summed E-state index contributed by atoms with van der Waals surface area (Å²) in [5.41, 5.74) is 3.16. The molecule has 1 saturated heterocycles. The second-order valence-electron chi connectivity index (χ2n) is 6.28. The molecule has 3 rings (SSSR count). The molecule has 2 aliphatic rings. The topological polar surface area (TPSA) is 28.2 Å². The summed E-state index contributed by atoms with van der Waals surface area (Å²) in [6, 6.07) is 2.12. The van der Waals surface area contributed by atoms with E-state index in [1.165, 1.54) is 62.9 Å². The zero-order chi connectivity index (χ0) is 13.1. The molecule has 0 bridgehead atoms. The number of aromatic nitrogens is 1. The van der Waals surface area contributed by atoms with Crippen molar-refractivity contribution in [1.82, 2.24) is 15.2 Å². The van der Waals surface area contributed by atoms with E-state index in [1.807, 2.05) is 12.4 Å². The van der Waals surface area contributed by atoms with Crippen LogP contribution >= 0.6 is 0 Å². The molecule has 0 radical (unpaired) electrons. The van der Waals surface area contributed by atoms with Gasteiger partial charge in [0.25, 0.3) is 0 Å². The molecule has 1 saturated carbocycles. The van der Waals surface area contributed by atoms with Crippen LogP contribution in [-0.2, 0) is 6.54 Å². The summed E-state index contributed by atoms with van der Waals surface area (Å²) < 4.78 is 0. The van der Waals surface area contributed by atoms with Crippen molar-refractivity contribution in [3.8, 4) is 0 Å². The largest absolute Gasteiger partial charge is 0.310 e. The molecule has 1 aromatic rings. The molecule has 0 unspecified atom stereocenters. The number of nitrogens with one attached hydrogen (secondary N) is 1. The van der Waals surface area contributed by atoms with Crippen LogP contribution in [0, 0.1) is 6.92 Å². The first-order valence-corrected chi connectivity index (χ1v) is 7.64. The summed E-state index contributed by atoms with van der Waals surface area (Å²) in [6.45, 7) is 6.86. The zero-order valence-electron chi connectivity index (χ0n) is 12.0. The highest BCUT2D eigenvalue weighted by atomic mass is 15.2. The normalized spacial score (nSPS) is 23.6. The highest BCUT2D eigenvalue weighted by Gasteiger charge is 2.36. The lowest BCUT2D eigenvalue weighted by atomic mass is 9.97. The maximum absolute atomic E-state index is 4.28. The van der Waals surface area contributed by atoms with Crippen LogP contribution < -0.4 is 5.32 Å². The van der Waals surface area contributed by atoms with E-state index in [4.69, 9.17) is 0 Å². The summed E-state index contributed by atoms with van der Waals surface area (Å²) in [7, 11) is 0. The first-order chi connectivity index (χ1) is 9.27. The molecule has 3 nitrogen and oxygen atoms in total. The lowest BCUT2D eigenvalue weighted by Gasteiger charge is -2.33. The molecule has 1 N–H and O–H groups in total. The summed E-state index contributed by atoms with van der Waals surface area (Å²) in [4.78, 5) is 6.92. The molecule has 0 aromatic carbocycles. The van der Waals surface area contributed by atoms with E-state index in [9.17, 15) is 0 Å². The average molecular weight is 259 g/mol. The van der Waals surface area contributed by atoms with Gasteiger partial charge >= 0.3 is 0 Å². The quantitative estimate of drug-likeness (QED) is 0.884. The Morgan fingerprint density at radius 3 is 2.95 bits per heavy atom. The highest BCUT2D eigenvalue weighted by molar-refractivity contribution is 5.21. The maximum atomic E-state index is 4.28. The van der Waals surface area contributed by atoms with Crippen molar-refractivity contribution in [2.75, 3.05) is 19.6 Å². The molecule has 2 fully saturated rings. The second-order valence-corrected chi connectivity index (χ2v) is 6.28. The molecular formula is C16H25N3. The van der Waals surface area contributed by atoms with E-state index < -0.39 is 0 Å². The van der Waals surface area contributed by atoms with E-state index in [1.54, 1.807) is 0 Å². The fraction of sp³-hybridized carbons (Fsp3) is 0.688. The van der Waals surface area contributed by atoms with Gasteiger partial charge in [-0.15, -0.1) is 0 Å². The van der Waals surface area contributed by atoms with Gasteiger partial charge in [0.2, 0.25) is 0 Å². The smallest absolute Gasteiger partial charge is 0.0315 e. The number of pyridine rings is 1. The third kappa shape index (κ3) is 2.98. The van der Waals surface area contributed by atoms with Crippen LogP contribution in [0.4, 0.5) is 0 Å². The molecule has 104 valence electrons. The predicted molar refractivity (Wildman–Crippen MR) is 78.1 cm³/mol. The second kappa shape index (κ2) is 5.59. The van der Waals surface area contributed by atoms with Crippen molar-refractivity contribution < 1.29 is 0 Å². The van der Waals surface area contributed by atoms with Gasteiger partial charge < -0.3 is 5.32 Å². The van der Waals surface area contributed by atoms with Crippen LogP contribution in [0.15, 0.2) is 18.5 Å². The van der Waals surface area contributed by atoms with Crippen LogP contribution in [0.1, 0.15) is 43.2 Å². The van der Waals surface area contributed by atoms with Crippen LogP contribution in [0.2, 0.25) is 0 Å². The maximum Gasteiger partial charge on any atom is 0.0315 e. The number of rotatable bonds is 2. The summed E-state index contributed by atoms with van der Waals surface area (Å²) in [5, 5.41) is 3.83. The predicted octanol–water partition coefficient (Wildman–Crippen LogP) is 2.50. The third-order valence-corrected chi connectivity index (χ3v) is 4.78. The van der Waals surface area contributed by atoms with E-state index in [0.717, 1.165) is 6.54 Å². The van der Waals surface area contributed by atoms with Gasteiger partial charge in [0.05, 0.1) is 0 Å². The van der Waals surface area contributed by atoms with Crippen molar-refractivity contribution in [2.45, 2.75) is 51.1 Å². The lowest BCUT2D eigenvalue weighted by molar-refractivity contribution is 0.203. The Labute approximate surface area is 116 Å². The van der Waals surface area contributed by atoms with Gasteiger partial charge in [0.15, 0.2) is 0 Å². The van der Waals surface area contributed by atoms with E-state index in [0.29, 0.717) is 5.54 Å². The molecule has 1 aliphatic carbocycles. The standard InChI is InChI=1S/C16H25N3/c1-14-5-9-17-11-15(14)12-19-10-4-8-18-16(13-19)6-2-3-7-16/h5,9,11,18H,2-4,6-8,10,12-13H2,1H3. The Morgan fingerprint density at radius 2 is 2.16 bits per heavy atom. The van der Waals surface area contributed by atoms with E-state index >= 15 is 0 Å². The first-order valence-electron chi connectivity index (χ1n) is 7.64. The van der Waals surface area contributed by atoms with Crippen LogP contribution in [0.25, 0.3) is 0 Å². The Hall–Kier alpha value is -0.930. The van der Waals surface area contributed by atoms with Gasteiger partial charge in [-0.2, -0.15) is 0 Å². The van der Waals surface area contributed by atoms with Crippen molar-refractivity contribution in [2.24, 2.45) is 0 Å². The Morgan fingerprint density at radius 1 is 1.32 bits per heavy atom. The summed E-state index contributed by atoms with van der Waals surface area (Å²) >= 11 is 0. The molecule has 1 aromatic heterocycles. The Bertz CT molecular complexity index is 424. The Balaban J connectivity index is 1.71. The average Bonchev–Trinajstić information content (AvgIpc) is 2.76. The minimum Gasteiger partial charge on any atom is -0.310 e. The lowest BCUT2D eigenvalue weighted by Crippen LogP contribution is -2.49. The van der Waals surface area contributed by atoms with Gasteiger partial charge in [0.1, 0.15) is 0 Å². The molecule has 1 aliphatic heterocycles. The summed E-state index contributed by atoms with van der Waals surface area (Å²) in [5.74, 6) is 0. The van der Waals surface area contributed by atoms with Crippen LogP contribution in [0.3, 0.4) is 0 Å². The van der Waals surface area contributed by atoms with Crippen molar-refractivity contribution in [3.05, 3.63) is 29.6 Å². The summed E-state index contributed by atoms with van der Waals surface area (Å²) in [6.07, 6.45) is 10.7. The highest BCUT2D eigenvalue weighted by Crippen LogP contribution is 2.32. The van der Waals surface area contributed by atoms with Crippen molar-refractivity contribution in [3.63, 3.8) is 0 Å². The van der Waals surface area contributed by atoms with Crippen molar-refractivity contribution in [1.29, 1.82) is 0 Å². The number of hydrogen-bond donors (Lipinski definition) is 1. The monoisotopic (exact) mass is 259 g/mol. The molecule has 3 heteroatoms. The molecule has 1 spiro atoms. The number of aryl methyl sites for hydroxylation is 1. The van der Waals surface area contributed by atoms with Crippen LogP contribution in [0.5, 0.6) is 0 Å². The number of hydrogen-bond acceptors (Lipinski definition) is 3. The van der Waals surface area contributed by atoms with E-state index in [-0.39, 0.29) is 0 Å². The molecular weight excluding hydrogens is 234 g/mol. The first kappa shape index (κ1) is 13.1. The number of nitrogens with zero attached hydrogens (tertiary/aromatic N) is 2. The van der Waals surface area contributed by atoms with Crippen LogP contribution in [-0.4, -0.2) is 35.1 Å². The third-order valence-electron chi connectivity index (χ3n) is 4.78. The van der Waals surface area contributed by atoms with Gasteiger partial charge in [-0.05, 0) is 56.5 Å². The van der Waals surface area contributed by atoms with Gasteiger partial charge in [0, 0.05) is 31.0 Å². The molecule has 2 heterocycles. The van der Waals surface area contributed by atoms with Crippen molar-refractivity contribution >= 4 is 0 Å². The Kier molecular flexibility index (Phi) is 3.85. The zero-order valence-corrected chi connectivity index (χ0v) is 12.0. The molecule has 0 amide bonds. The minimum atomic E-state index is 0.409. The fourth-order valence-corrected chi connectivity index (χ4v) is 3.64. The van der Waals surface area contributed by atoms with Gasteiger partial charge in [-0.3, -0.25) is 9.88 Å².